The van der Waals surface area contributed by atoms with Gasteiger partial charge in [0.2, 0.25) is 0 Å². The summed E-state index contributed by atoms with van der Waals surface area (Å²) in [6.07, 6.45) is -1.67. The van der Waals surface area contributed by atoms with Crippen molar-refractivity contribution in [2.45, 2.75) is 11.8 Å². The lowest BCUT2D eigenvalue weighted by Crippen LogP contribution is -2.07. The van der Waals surface area contributed by atoms with E-state index in [9.17, 15) is 13.6 Å². The van der Waals surface area contributed by atoms with Crippen molar-refractivity contribution in [3.8, 4) is 0 Å². The largest absolute Gasteiger partial charge is 0.478 e. The van der Waals surface area contributed by atoms with Crippen molar-refractivity contribution in [2.75, 3.05) is 0 Å². The quantitative estimate of drug-likeness (QED) is 0.855. The van der Waals surface area contributed by atoms with Crippen LogP contribution >= 0.6 is 31.9 Å². The van der Waals surface area contributed by atoms with E-state index in [0.29, 0.717) is 5.56 Å². The average Bonchev–Trinajstić information content (AvgIpc) is 2.15. The Balaban J connectivity index is 3.42. The lowest BCUT2D eigenvalue weighted by molar-refractivity contribution is 0.0694. The molecule has 0 fully saturated rings. The number of alkyl halides is 3. The van der Waals surface area contributed by atoms with Gasteiger partial charge in [-0.3, -0.25) is 4.98 Å². The number of hydrogen-bond donors (Lipinski definition) is 1. The summed E-state index contributed by atoms with van der Waals surface area (Å²) < 4.78 is 24.7. The van der Waals surface area contributed by atoms with E-state index in [4.69, 9.17) is 5.11 Å². The van der Waals surface area contributed by atoms with Gasteiger partial charge < -0.3 is 5.11 Å². The predicted octanol–water partition coefficient (Wildman–Crippen LogP) is 3.37. The van der Waals surface area contributed by atoms with E-state index < -0.39 is 18.1 Å². The Bertz CT molecular complexity index is 398. The van der Waals surface area contributed by atoms with Gasteiger partial charge in [-0.1, -0.05) is 15.9 Å². The van der Waals surface area contributed by atoms with Gasteiger partial charge in [0, 0.05) is 11.5 Å². The summed E-state index contributed by atoms with van der Waals surface area (Å²) in [6, 6.07) is 0. The molecule has 0 saturated carbocycles. The minimum atomic E-state index is -2.80. The lowest BCUT2D eigenvalue weighted by Gasteiger charge is -2.08. The summed E-state index contributed by atoms with van der Waals surface area (Å²) in [5.74, 6) is -1.26. The van der Waals surface area contributed by atoms with Gasteiger partial charge in [-0.15, -0.1) is 0 Å². The van der Waals surface area contributed by atoms with Crippen LogP contribution in [0.1, 0.15) is 28.0 Å². The van der Waals surface area contributed by atoms with Crippen molar-refractivity contribution in [3.05, 3.63) is 27.5 Å². The summed E-state index contributed by atoms with van der Waals surface area (Å²) in [5.41, 5.74) is -0.395. The molecule has 0 atom stereocenters. The number of aromatic carboxylic acids is 1. The van der Waals surface area contributed by atoms with E-state index in [1.807, 2.05) is 0 Å². The molecule has 0 aromatic carbocycles. The highest BCUT2D eigenvalue weighted by molar-refractivity contribution is 9.10. The molecule has 3 nitrogen and oxygen atoms in total. The van der Waals surface area contributed by atoms with Gasteiger partial charge in [0.1, 0.15) is 5.69 Å². The van der Waals surface area contributed by atoms with Crippen LogP contribution in [0.4, 0.5) is 8.78 Å². The van der Waals surface area contributed by atoms with Crippen LogP contribution in [-0.4, -0.2) is 16.1 Å². The van der Waals surface area contributed by atoms with Crippen molar-refractivity contribution >= 4 is 37.8 Å². The van der Waals surface area contributed by atoms with Crippen LogP contribution in [0.5, 0.6) is 0 Å². The van der Waals surface area contributed by atoms with Gasteiger partial charge in [-0.25, -0.2) is 13.6 Å². The summed E-state index contributed by atoms with van der Waals surface area (Å²) >= 11 is 5.89. The predicted molar refractivity (Wildman–Crippen MR) is 56.5 cm³/mol. The number of carbonyl (C=O) groups is 1. The molecule has 0 amide bonds. The molecule has 1 aromatic heterocycles. The minimum absolute atomic E-state index is 0.165. The summed E-state index contributed by atoms with van der Waals surface area (Å²) in [4.78, 5) is 14.4. The lowest BCUT2D eigenvalue weighted by atomic mass is 10.1. The Kier molecular flexibility index (Phi) is 4.15. The molecule has 0 bridgehead atoms. The molecule has 0 spiro atoms. The highest BCUT2D eigenvalue weighted by Crippen LogP contribution is 2.30. The van der Waals surface area contributed by atoms with Crippen molar-refractivity contribution in [1.82, 2.24) is 4.98 Å². The molecule has 1 aromatic rings. The number of pyridine rings is 1. The van der Waals surface area contributed by atoms with E-state index in [1.54, 1.807) is 0 Å². The summed E-state index contributed by atoms with van der Waals surface area (Å²) in [7, 11) is 0. The smallest absolute Gasteiger partial charge is 0.337 e. The van der Waals surface area contributed by atoms with Crippen LogP contribution in [0, 0.1) is 0 Å². The maximum Gasteiger partial charge on any atom is 0.337 e. The third-order valence-corrected chi connectivity index (χ3v) is 3.10. The number of rotatable bonds is 3. The van der Waals surface area contributed by atoms with Gasteiger partial charge in [-0.05, 0) is 21.5 Å². The van der Waals surface area contributed by atoms with Gasteiger partial charge in [0.15, 0.2) is 0 Å². The summed E-state index contributed by atoms with van der Waals surface area (Å²) in [5, 5.41) is 9.10. The molecule has 0 radical (unpaired) electrons. The fourth-order valence-electron chi connectivity index (χ4n) is 1.02. The molecule has 7 heteroatoms. The second-order valence-corrected chi connectivity index (χ2v) is 3.95. The second kappa shape index (κ2) is 4.98. The first-order valence-electron chi connectivity index (χ1n) is 3.73. The normalized spacial score (nSPS) is 10.7. The molecule has 0 aliphatic rings. The first-order chi connectivity index (χ1) is 6.99. The zero-order valence-corrected chi connectivity index (χ0v) is 10.3. The third kappa shape index (κ3) is 2.52. The molecule has 1 N–H and O–H groups in total. The molecule has 0 aliphatic carbocycles. The first kappa shape index (κ1) is 12.5. The van der Waals surface area contributed by atoms with Crippen LogP contribution < -0.4 is 0 Å². The van der Waals surface area contributed by atoms with Crippen molar-refractivity contribution in [3.63, 3.8) is 0 Å². The summed E-state index contributed by atoms with van der Waals surface area (Å²) in [6.45, 7) is 0. The molecular weight excluding hydrogens is 340 g/mol. The van der Waals surface area contributed by atoms with E-state index >= 15 is 0 Å². The Labute approximate surface area is 101 Å². The molecular formula is C8H5Br2F2NO2. The monoisotopic (exact) mass is 343 g/mol. The van der Waals surface area contributed by atoms with Crippen molar-refractivity contribution in [1.29, 1.82) is 0 Å². The van der Waals surface area contributed by atoms with Crippen LogP contribution in [0.25, 0.3) is 0 Å². The van der Waals surface area contributed by atoms with E-state index in [-0.39, 0.29) is 15.4 Å². The molecule has 0 aliphatic heterocycles. The fraction of sp³-hybridized carbons (Fsp3) is 0.250. The Morgan fingerprint density at radius 1 is 1.60 bits per heavy atom. The Hall–Kier alpha value is -0.560. The Morgan fingerprint density at radius 3 is 2.60 bits per heavy atom. The SMILES string of the molecule is O=C(O)c1c(CBr)cnc(C(F)F)c1Br. The number of carboxylic acids is 1. The highest BCUT2D eigenvalue weighted by atomic mass is 79.9. The van der Waals surface area contributed by atoms with E-state index in [0.717, 1.165) is 6.20 Å². The number of aromatic nitrogens is 1. The number of carboxylic acid groups (broad SMARTS) is 1. The van der Waals surface area contributed by atoms with Gasteiger partial charge >= 0.3 is 5.97 Å². The van der Waals surface area contributed by atoms with E-state index in [2.05, 4.69) is 36.8 Å². The van der Waals surface area contributed by atoms with Crippen molar-refractivity contribution in [2.24, 2.45) is 0 Å². The molecule has 1 heterocycles. The second-order valence-electron chi connectivity index (χ2n) is 2.60. The van der Waals surface area contributed by atoms with Gasteiger partial charge in [0.05, 0.1) is 10.0 Å². The number of hydrogen-bond acceptors (Lipinski definition) is 2. The van der Waals surface area contributed by atoms with E-state index in [1.165, 1.54) is 0 Å². The standard InChI is InChI=1S/C8H5Br2F2NO2/c9-1-3-2-13-6(7(11)12)5(10)4(3)8(14)15/h2,7H,1H2,(H,14,15). The average molecular weight is 345 g/mol. The van der Waals surface area contributed by atoms with Gasteiger partial charge in [0.25, 0.3) is 6.43 Å². The van der Waals surface area contributed by atoms with Crippen molar-refractivity contribution < 1.29 is 18.7 Å². The zero-order valence-electron chi connectivity index (χ0n) is 7.18. The van der Waals surface area contributed by atoms with Crippen LogP contribution in [0.15, 0.2) is 10.7 Å². The number of halogens is 4. The third-order valence-electron chi connectivity index (χ3n) is 1.69. The minimum Gasteiger partial charge on any atom is -0.478 e. The zero-order chi connectivity index (χ0) is 11.6. The molecule has 1 rings (SSSR count). The van der Waals surface area contributed by atoms with Gasteiger partial charge in [-0.2, -0.15) is 0 Å². The molecule has 0 saturated heterocycles. The molecule has 82 valence electrons. The first-order valence-corrected chi connectivity index (χ1v) is 5.65. The Morgan fingerprint density at radius 2 is 2.20 bits per heavy atom. The molecule has 0 unspecified atom stereocenters. The molecule has 15 heavy (non-hydrogen) atoms. The topological polar surface area (TPSA) is 50.2 Å². The van der Waals surface area contributed by atoms with Crippen LogP contribution in [0.2, 0.25) is 0 Å². The number of nitrogens with zero attached hydrogens (tertiary/aromatic N) is 1. The maximum absolute atomic E-state index is 12.4. The fourth-order valence-corrected chi connectivity index (χ4v) is 2.15. The van der Waals surface area contributed by atoms with Crippen LogP contribution in [0.3, 0.4) is 0 Å². The van der Waals surface area contributed by atoms with Crippen LogP contribution in [-0.2, 0) is 5.33 Å². The maximum atomic E-state index is 12.4. The highest BCUT2D eigenvalue weighted by Gasteiger charge is 2.22.